The van der Waals surface area contributed by atoms with Crippen molar-refractivity contribution in [3.05, 3.63) is 21.9 Å². The lowest BCUT2D eigenvalue weighted by molar-refractivity contribution is 0.137. The van der Waals surface area contributed by atoms with Crippen LogP contribution >= 0.6 is 11.3 Å². The maximum Gasteiger partial charge on any atom is 0.0330 e. The van der Waals surface area contributed by atoms with Gasteiger partial charge in [0.2, 0.25) is 0 Å². The zero-order valence-corrected chi connectivity index (χ0v) is 12.6. The lowest BCUT2D eigenvalue weighted by Crippen LogP contribution is -2.38. The Labute approximate surface area is 115 Å². The Hall–Kier alpha value is -0.380. The van der Waals surface area contributed by atoms with Crippen LogP contribution in [0.3, 0.4) is 0 Å². The van der Waals surface area contributed by atoms with Crippen LogP contribution in [0.5, 0.6) is 0 Å². The molecule has 1 aromatic rings. The molecule has 1 unspecified atom stereocenters. The molecule has 1 saturated heterocycles. The molecule has 18 heavy (non-hydrogen) atoms. The quantitative estimate of drug-likeness (QED) is 0.846. The van der Waals surface area contributed by atoms with Gasteiger partial charge in [-0.05, 0) is 44.5 Å². The molecule has 0 radical (unpaired) electrons. The number of hydrogen-bond acceptors (Lipinski definition) is 3. The standard InChI is InChI=1S/C15H26N2S/c1-3-13-7-5-6-10-17(13)12-15-9-8-14(18-15)11-16-4-2/h8-9,13,16H,3-7,10-12H2,1-2H3. The van der Waals surface area contributed by atoms with Gasteiger partial charge in [0.25, 0.3) is 0 Å². The van der Waals surface area contributed by atoms with Crippen LogP contribution < -0.4 is 5.32 Å². The largest absolute Gasteiger partial charge is 0.312 e. The number of thiophene rings is 1. The molecule has 0 bridgehead atoms. The minimum atomic E-state index is 0.818. The molecule has 1 aliphatic rings. The number of piperidine rings is 1. The molecule has 102 valence electrons. The maximum absolute atomic E-state index is 3.40. The third kappa shape index (κ3) is 3.81. The first kappa shape index (κ1) is 14.0. The van der Waals surface area contributed by atoms with Crippen molar-refractivity contribution in [1.29, 1.82) is 0 Å². The smallest absolute Gasteiger partial charge is 0.0330 e. The number of rotatable bonds is 6. The molecule has 0 saturated carbocycles. The van der Waals surface area contributed by atoms with E-state index < -0.39 is 0 Å². The van der Waals surface area contributed by atoms with Crippen LogP contribution in [0.15, 0.2) is 12.1 Å². The van der Waals surface area contributed by atoms with Gasteiger partial charge in [0.05, 0.1) is 0 Å². The van der Waals surface area contributed by atoms with Crippen molar-refractivity contribution >= 4 is 11.3 Å². The summed E-state index contributed by atoms with van der Waals surface area (Å²) < 4.78 is 0. The molecular formula is C15H26N2S. The van der Waals surface area contributed by atoms with Crippen molar-refractivity contribution in [2.75, 3.05) is 13.1 Å². The summed E-state index contributed by atoms with van der Waals surface area (Å²) in [6.45, 7) is 9.02. The van der Waals surface area contributed by atoms with Gasteiger partial charge in [0, 0.05) is 28.9 Å². The zero-order valence-electron chi connectivity index (χ0n) is 11.7. The Balaban J connectivity index is 1.89. The van der Waals surface area contributed by atoms with Crippen molar-refractivity contribution in [3.8, 4) is 0 Å². The lowest BCUT2D eigenvalue weighted by Gasteiger charge is -2.34. The van der Waals surface area contributed by atoms with E-state index in [0.29, 0.717) is 0 Å². The van der Waals surface area contributed by atoms with Gasteiger partial charge in [-0.25, -0.2) is 0 Å². The Kier molecular flexibility index (Phi) is 5.67. The molecule has 2 nitrogen and oxygen atoms in total. The third-order valence-corrected chi connectivity index (χ3v) is 4.92. The Bertz CT molecular complexity index is 348. The predicted molar refractivity (Wildman–Crippen MR) is 80.0 cm³/mol. The highest BCUT2D eigenvalue weighted by Gasteiger charge is 2.20. The van der Waals surface area contributed by atoms with Crippen LogP contribution in [0.2, 0.25) is 0 Å². The monoisotopic (exact) mass is 266 g/mol. The molecule has 0 spiro atoms. The fraction of sp³-hybridized carbons (Fsp3) is 0.733. The summed E-state index contributed by atoms with van der Waals surface area (Å²) in [5.74, 6) is 0. The van der Waals surface area contributed by atoms with Gasteiger partial charge in [0.1, 0.15) is 0 Å². The molecule has 1 aliphatic heterocycles. The highest BCUT2D eigenvalue weighted by molar-refractivity contribution is 7.11. The molecule has 2 heterocycles. The molecule has 1 fully saturated rings. The molecule has 0 amide bonds. The van der Waals surface area contributed by atoms with Crippen molar-refractivity contribution in [2.24, 2.45) is 0 Å². The van der Waals surface area contributed by atoms with Crippen molar-refractivity contribution in [3.63, 3.8) is 0 Å². The summed E-state index contributed by atoms with van der Waals surface area (Å²) in [5, 5.41) is 3.40. The van der Waals surface area contributed by atoms with E-state index in [4.69, 9.17) is 0 Å². The second-order valence-electron chi connectivity index (χ2n) is 5.18. The van der Waals surface area contributed by atoms with E-state index in [0.717, 1.165) is 25.7 Å². The first-order valence-electron chi connectivity index (χ1n) is 7.35. The van der Waals surface area contributed by atoms with Crippen molar-refractivity contribution < 1.29 is 0 Å². The number of nitrogens with zero attached hydrogens (tertiary/aromatic N) is 1. The molecule has 0 aliphatic carbocycles. The molecule has 1 atom stereocenters. The normalized spacial score (nSPS) is 21.3. The minimum Gasteiger partial charge on any atom is -0.312 e. The number of nitrogens with one attached hydrogen (secondary N) is 1. The van der Waals surface area contributed by atoms with Gasteiger partial charge >= 0.3 is 0 Å². The average Bonchev–Trinajstić information content (AvgIpc) is 2.84. The fourth-order valence-electron chi connectivity index (χ4n) is 2.78. The molecule has 1 aromatic heterocycles. The molecular weight excluding hydrogens is 240 g/mol. The topological polar surface area (TPSA) is 15.3 Å². The van der Waals surface area contributed by atoms with Gasteiger partial charge in [0.15, 0.2) is 0 Å². The number of likely N-dealkylation sites (tertiary alicyclic amines) is 1. The summed E-state index contributed by atoms with van der Waals surface area (Å²) in [6, 6.07) is 5.42. The van der Waals surface area contributed by atoms with Crippen molar-refractivity contribution in [1.82, 2.24) is 10.2 Å². The van der Waals surface area contributed by atoms with Crippen molar-refractivity contribution in [2.45, 2.75) is 58.7 Å². The Morgan fingerprint density at radius 1 is 1.28 bits per heavy atom. The van der Waals surface area contributed by atoms with Gasteiger partial charge in [-0.15, -0.1) is 11.3 Å². The summed E-state index contributed by atoms with van der Waals surface area (Å²) in [5.41, 5.74) is 0. The lowest BCUT2D eigenvalue weighted by atomic mass is 10.00. The SMILES string of the molecule is CCNCc1ccc(CN2CCCCC2CC)s1. The van der Waals surface area contributed by atoms with Crippen LogP contribution in [0.1, 0.15) is 49.3 Å². The molecule has 3 heteroatoms. The second kappa shape index (κ2) is 7.27. The first-order valence-corrected chi connectivity index (χ1v) is 8.17. The van der Waals surface area contributed by atoms with Crippen LogP contribution in [-0.2, 0) is 13.1 Å². The summed E-state index contributed by atoms with van der Waals surface area (Å²) in [7, 11) is 0. The van der Waals surface area contributed by atoms with Crippen LogP contribution in [0.4, 0.5) is 0 Å². The van der Waals surface area contributed by atoms with Gasteiger partial charge in [-0.1, -0.05) is 20.3 Å². The Morgan fingerprint density at radius 2 is 2.11 bits per heavy atom. The Morgan fingerprint density at radius 3 is 2.89 bits per heavy atom. The van der Waals surface area contributed by atoms with E-state index in [1.807, 2.05) is 11.3 Å². The second-order valence-corrected chi connectivity index (χ2v) is 6.43. The van der Waals surface area contributed by atoms with E-state index in [-0.39, 0.29) is 0 Å². The first-order chi connectivity index (χ1) is 8.83. The van der Waals surface area contributed by atoms with Crippen LogP contribution in [-0.4, -0.2) is 24.0 Å². The van der Waals surface area contributed by atoms with Gasteiger partial charge in [-0.3, -0.25) is 4.90 Å². The van der Waals surface area contributed by atoms with Gasteiger partial charge in [-0.2, -0.15) is 0 Å². The highest BCUT2D eigenvalue weighted by atomic mass is 32.1. The number of hydrogen-bond donors (Lipinski definition) is 1. The average molecular weight is 266 g/mol. The predicted octanol–water partition coefficient (Wildman–Crippen LogP) is 3.62. The summed E-state index contributed by atoms with van der Waals surface area (Å²) >= 11 is 1.97. The third-order valence-electron chi connectivity index (χ3n) is 3.85. The molecule has 1 N–H and O–H groups in total. The van der Waals surface area contributed by atoms with Crippen LogP contribution in [0, 0.1) is 0 Å². The van der Waals surface area contributed by atoms with E-state index in [1.54, 1.807) is 0 Å². The summed E-state index contributed by atoms with van der Waals surface area (Å²) in [4.78, 5) is 5.69. The van der Waals surface area contributed by atoms with Gasteiger partial charge < -0.3 is 5.32 Å². The highest BCUT2D eigenvalue weighted by Crippen LogP contribution is 2.24. The van der Waals surface area contributed by atoms with E-state index in [2.05, 4.69) is 36.2 Å². The zero-order chi connectivity index (χ0) is 12.8. The minimum absolute atomic E-state index is 0.818. The van der Waals surface area contributed by atoms with E-state index >= 15 is 0 Å². The fourth-order valence-corrected chi connectivity index (χ4v) is 3.79. The van der Waals surface area contributed by atoms with E-state index in [9.17, 15) is 0 Å². The molecule has 2 rings (SSSR count). The maximum atomic E-state index is 3.40. The summed E-state index contributed by atoms with van der Waals surface area (Å²) in [6.07, 6.45) is 5.50. The molecule has 0 aromatic carbocycles. The van der Waals surface area contributed by atoms with Crippen LogP contribution in [0.25, 0.3) is 0 Å². The van der Waals surface area contributed by atoms with E-state index in [1.165, 1.54) is 42.0 Å².